The number of carbonyl (C=O) groups is 1. The number of rotatable bonds is 1. The van der Waals surface area contributed by atoms with Crippen molar-refractivity contribution in [3.63, 3.8) is 0 Å². The molecule has 4 nitrogen and oxygen atoms in total. The fourth-order valence-electron chi connectivity index (χ4n) is 1.90. The van der Waals surface area contributed by atoms with Crippen molar-refractivity contribution < 1.29 is 4.79 Å². The molecule has 0 radical (unpaired) electrons. The van der Waals surface area contributed by atoms with Crippen LogP contribution in [0.2, 0.25) is 0 Å². The maximum absolute atomic E-state index is 11.8. The monoisotopic (exact) mass is 229 g/mol. The van der Waals surface area contributed by atoms with Crippen LogP contribution in [-0.2, 0) is 4.79 Å². The van der Waals surface area contributed by atoms with E-state index in [0.29, 0.717) is 18.7 Å². The van der Waals surface area contributed by atoms with Crippen molar-refractivity contribution in [2.24, 2.45) is 0 Å². The van der Waals surface area contributed by atoms with E-state index in [2.05, 4.69) is 25.2 Å². The second-order valence-electron chi connectivity index (χ2n) is 4.88. The number of nitriles is 1. The lowest BCUT2D eigenvalue weighted by Gasteiger charge is -2.38. The fraction of sp³-hybridized carbons (Fsp3) is 0.385. The van der Waals surface area contributed by atoms with Gasteiger partial charge in [0, 0.05) is 17.8 Å². The molecule has 17 heavy (non-hydrogen) atoms. The standard InChI is InChI=1S/C13H15N3O/c1-13(2)9-16(12(17)8-15-13)11-5-3-10(7-14)4-6-11/h3-6,15H,8-9H2,1-2H3. The van der Waals surface area contributed by atoms with Crippen molar-refractivity contribution in [1.29, 1.82) is 5.26 Å². The third kappa shape index (κ3) is 2.45. The molecule has 1 aromatic carbocycles. The second-order valence-corrected chi connectivity index (χ2v) is 4.88. The lowest BCUT2D eigenvalue weighted by molar-refractivity contribution is -0.119. The van der Waals surface area contributed by atoms with Gasteiger partial charge in [-0.15, -0.1) is 0 Å². The molecule has 1 N–H and O–H groups in total. The summed E-state index contributed by atoms with van der Waals surface area (Å²) >= 11 is 0. The number of hydrogen-bond donors (Lipinski definition) is 1. The Bertz CT molecular complexity index is 470. The summed E-state index contributed by atoms with van der Waals surface area (Å²) in [5.41, 5.74) is 1.38. The zero-order valence-corrected chi connectivity index (χ0v) is 10.0. The van der Waals surface area contributed by atoms with Crippen LogP contribution in [0.4, 0.5) is 5.69 Å². The third-order valence-electron chi connectivity index (χ3n) is 2.88. The summed E-state index contributed by atoms with van der Waals surface area (Å²) in [4.78, 5) is 13.6. The largest absolute Gasteiger partial charge is 0.309 e. The van der Waals surface area contributed by atoms with Gasteiger partial charge in [-0.1, -0.05) is 0 Å². The molecular weight excluding hydrogens is 214 g/mol. The number of carbonyl (C=O) groups excluding carboxylic acids is 1. The predicted octanol–water partition coefficient (Wildman–Crippen LogP) is 1.27. The molecule has 0 aromatic heterocycles. The minimum absolute atomic E-state index is 0.0639. The molecule has 1 heterocycles. The van der Waals surface area contributed by atoms with Crippen molar-refractivity contribution in [2.75, 3.05) is 18.0 Å². The molecule has 1 aromatic rings. The SMILES string of the molecule is CC1(C)CN(c2ccc(C#N)cc2)C(=O)CN1. The molecule has 0 aliphatic carbocycles. The first-order chi connectivity index (χ1) is 8.02. The van der Waals surface area contributed by atoms with E-state index in [1.54, 1.807) is 17.0 Å². The van der Waals surface area contributed by atoms with Crippen LogP contribution in [0.3, 0.4) is 0 Å². The van der Waals surface area contributed by atoms with Crippen LogP contribution in [0.1, 0.15) is 19.4 Å². The highest BCUT2D eigenvalue weighted by molar-refractivity contribution is 5.95. The molecule has 0 spiro atoms. The van der Waals surface area contributed by atoms with Crippen LogP contribution < -0.4 is 10.2 Å². The Morgan fingerprint density at radius 3 is 2.59 bits per heavy atom. The van der Waals surface area contributed by atoms with Crippen LogP contribution in [0.15, 0.2) is 24.3 Å². The number of hydrogen-bond acceptors (Lipinski definition) is 3. The molecule has 88 valence electrons. The average Bonchev–Trinajstić information content (AvgIpc) is 2.33. The van der Waals surface area contributed by atoms with Gasteiger partial charge in [0.1, 0.15) is 0 Å². The molecule has 0 unspecified atom stereocenters. The molecule has 4 heteroatoms. The first-order valence-electron chi connectivity index (χ1n) is 5.57. The van der Waals surface area contributed by atoms with E-state index in [1.165, 1.54) is 0 Å². The van der Waals surface area contributed by atoms with Gasteiger partial charge in [-0.3, -0.25) is 4.79 Å². The maximum Gasteiger partial charge on any atom is 0.241 e. The zero-order chi connectivity index (χ0) is 12.5. The van der Waals surface area contributed by atoms with Gasteiger partial charge in [-0.05, 0) is 38.1 Å². The highest BCUT2D eigenvalue weighted by atomic mass is 16.2. The second kappa shape index (κ2) is 4.19. The number of benzene rings is 1. The summed E-state index contributed by atoms with van der Waals surface area (Å²) in [6, 6.07) is 9.17. The van der Waals surface area contributed by atoms with E-state index in [9.17, 15) is 4.79 Å². The van der Waals surface area contributed by atoms with Crippen molar-refractivity contribution >= 4 is 11.6 Å². The van der Waals surface area contributed by atoms with Gasteiger partial charge in [-0.25, -0.2) is 0 Å². The van der Waals surface area contributed by atoms with Gasteiger partial charge < -0.3 is 10.2 Å². The molecule has 1 fully saturated rings. The highest BCUT2D eigenvalue weighted by Crippen LogP contribution is 2.20. The van der Waals surface area contributed by atoms with Gasteiger partial charge in [0.2, 0.25) is 5.91 Å². The topological polar surface area (TPSA) is 56.1 Å². The normalized spacial score (nSPS) is 18.9. The summed E-state index contributed by atoms with van der Waals surface area (Å²) < 4.78 is 0. The van der Waals surface area contributed by atoms with E-state index < -0.39 is 0 Å². The summed E-state index contributed by atoms with van der Waals surface area (Å²) in [5, 5.41) is 11.9. The number of amides is 1. The Labute approximate surface area is 101 Å². The Morgan fingerprint density at radius 1 is 1.35 bits per heavy atom. The van der Waals surface area contributed by atoms with Crippen molar-refractivity contribution in [3.8, 4) is 6.07 Å². The summed E-state index contributed by atoms with van der Waals surface area (Å²) in [5.74, 6) is 0.0639. The molecule has 1 amide bonds. The first-order valence-corrected chi connectivity index (χ1v) is 5.57. The van der Waals surface area contributed by atoms with Crippen LogP contribution in [0, 0.1) is 11.3 Å². The van der Waals surface area contributed by atoms with Crippen molar-refractivity contribution in [2.45, 2.75) is 19.4 Å². The smallest absolute Gasteiger partial charge is 0.241 e. The molecule has 1 saturated heterocycles. The summed E-state index contributed by atoms with van der Waals surface area (Å²) in [6.07, 6.45) is 0. The molecular formula is C13H15N3O. The molecule has 2 rings (SSSR count). The van der Waals surface area contributed by atoms with Crippen LogP contribution in [0.25, 0.3) is 0 Å². The van der Waals surface area contributed by atoms with Crippen LogP contribution in [-0.4, -0.2) is 24.5 Å². The molecule has 1 aliphatic heterocycles. The fourth-order valence-corrected chi connectivity index (χ4v) is 1.90. The third-order valence-corrected chi connectivity index (χ3v) is 2.88. The Kier molecular flexibility index (Phi) is 2.86. The lowest BCUT2D eigenvalue weighted by Crippen LogP contribution is -2.59. The predicted molar refractivity (Wildman–Crippen MR) is 65.6 cm³/mol. The minimum atomic E-state index is -0.0815. The quantitative estimate of drug-likeness (QED) is 0.789. The van der Waals surface area contributed by atoms with Gasteiger partial charge in [0.15, 0.2) is 0 Å². The van der Waals surface area contributed by atoms with E-state index in [1.807, 2.05) is 12.1 Å². The van der Waals surface area contributed by atoms with Gasteiger partial charge >= 0.3 is 0 Å². The van der Waals surface area contributed by atoms with Crippen LogP contribution >= 0.6 is 0 Å². The number of nitrogens with zero attached hydrogens (tertiary/aromatic N) is 2. The van der Waals surface area contributed by atoms with E-state index in [-0.39, 0.29) is 11.4 Å². The molecule has 0 atom stereocenters. The summed E-state index contributed by atoms with van der Waals surface area (Å²) in [7, 11) is 0. The van der Waals surface area contributed by atoms with Gasteiger partial charge in [0.25, 0.3) is 0 Å². The Hall–Kier alpha value is -1.86. The van der Waals surface area contributed by atoms with Gasteiger partial charge in [-0.2, -0.15) is 5.26 Å². The lowest BCUT2D eigenvalue weighted by atomic mass is 10.0. The molecule has 0 saturated carbocycles. The van der Waals surface area contributed by atoms with E-state index in [4.69, 9.17) is 5.26 Å². The number of nitrogens with one attached hydrogen (secondary N) is 1. The number of piperazine rings is 1. The van der Waals surface area contributed by atoms with E-state index >= 15 is 0 Å². The molecule has 0 bridgehead atoms. The minimum Gasteiger partial charge on any atom is -0.309 e. The first kappa shape index (κ1) is 11.6. The van der Waals surface area contributed by atoms with Gasteiger partial charge in [0.05, 0.1) is 18.2 Å². The maximum atomic E-state index is 11.8. The average molecular weight is 229 g/mol. The van der Waals surface area contributed by atoms with Crippen LogP contribution in [0.5, 0.6) is 0 Å². The Morgan fingerprint density at radius 2 is 2.00 bits per heavy atom. The molecule has 1 aliphatic rings. The van der Waals surface area contributed by atoms with E-state index in [0.717, 1.165) is 5.69 Å². The number of anilines is 1. The Balaban J connectivity index is 2.25. The zero-order valence-electron chi connectivity index (χ0n) is 10.0. The van der Waals surface area contributed by atoms with Crippen molar-refractivity contribution in [3.05, 3.63) is 29.8 Å². The highest BCUT2D eigenvalue weighted by Gasteiger charge is 2.31. The van der Waals surface area contributed by atoms with Crippen molar-refractivity contribution in [1.82, 2.24) is 5.32 Å². The summed E-state index contributed by atoms with van der Waals surface area (Å²) in [6.45, 7) is 5.12.